The van der Waals surface area contributed by atoms with Crippen LogP contribution < -0.4 is 5.32 Å². The highest BCUT2D eigenvalue weighted by Gasteiger charge is 2.15. The van der Waals surface area contributed by atoms with Crippen molar-refractivity contribution in [3.63, 3.8) is 0 Å². The van der Waals surface area contributed by atoms with Gasteiger partial charge in [0.15, 0.2) is 0 Å². The van der Waals surface area contributed by atoms with E-state index in [1.165, 1.54) is 0 Å². The Balaban J connectivity index is 1.44. The number of pyridine rings is 2. The van der Waals surface area contributed by atoms with Crippen LogP contribution >= 0.6 is 0 Å². The highest BCUT2D eigenvalue weighted by Crippen LogP contribution is 2.32. The van der Waals surface area contributed by atoms with Crippen molar-refractivity contribution in [1.29, 1.82) is 0 Å². The molecule has 0 amide bonds. The monoisotopic (exact) mass is 448 g/mol. The number of nitrogens with zero attached hydrogens (tertiary/aromatic N) is 5. The average molecular weight is 449 g/mol. The van der Waals surface area contributed by atoms with Crippen LogP contribution in [0.1, 0.15) is 18.2 Å². The normalized spacial score (nSPS) is 11.6. The number of H-pyrrole nitrogens is 2. The summed E-state index contributed by atoms with van der Waals surface area (Å²) in [5.41, 5.74) is 8.78. The number of hydrogen-bond acceptors (Lipinski definition) is 5. The van der Waals surface area contributed by atoms with Crippen molar-refractivity contribution in [2.75, 3.05) is 6.54 Å². The summed E-state index contributed by atoms with van der Waals surface area (Å²) in [4.78, 5) is 17.0. The number of fused-ring (bicyclic) bond motifs is 2. The van der Waals surface area contributed by atoms with Gasteiger partial charge in [0.05, 0.1) is 40.8 Å². The molecule has 0 spiro atoms. The summed E-state index contributed by atoms with van der Waals surface area (Å²) in [5.74, 6) is 0. The molecule has 6 aromatic rings. The van der Waals surface area contributed by atoms with Crippen molar-refractivity contribution in [3.05, 3.63) is 78.8 Å². The van der Waals surface area contributed by atoms with Crippen LogP contribution in [0.25, 0.3) is 50.1 Å². The molecule has 0 fully saturated rings. The van der Waals surface area contributed by atoms with E-state index in [0.29, 0.717) is 0 Å². The van der Waals surface area contributed by atoms with Gasteiger partial charge in [-0.05, 0) is 49.4 Å². The van der Waals surface area contributed by atoms with Gasteiger partial charge in [-0.2, -0.15) is 5.10 Å². The second-order valence-electron chi connectivity index (χ2n) is 8.39. The molecule has 0 aliphatic carbocycles. The van der Waals surface area contributed by atoms with Crippen LogP contribution in [0.5, 0.6) is 0 Å². The van der Waals surface area contributed by atoms with Crippen molar-refractivity contribution in [1.82, 2.24) is 40.0 Å². The van der Waals surface area contributed by atoms with Crippen molar-refractivity contribution < 1.29 is 0 Å². The summed E-state index contributed by atoms with van der Waals surface area (Å²) in [6, 6.07) is 12.6. The molecule has 6 rings (SSSR count). The smallest absolute Gasteiger partial charge is 0.116 e. The molecule has 0 atom stereocenters. The Morgan fingerprint density at radius 2 is 1.94 bits per heavy atom. The molecule has 0 radical (unpaired) electrons. The van der Waals surface area contributed by atoms with Crippen LogP contribution in [0.15, 0.2) is 67.5 Å². The van der Waals surface area contributed by atoms with Crippen LogP contribution in [-0.4, -0.2) is 41.2 Å². The molecular formula is C26H24N8. The molecule has 168 valence electrons. The molecule has 0 saturated heterocycles. The third kappa shape index (κ3) is 3.54. The lowest BCUT2D eigenvalue weighted by atomic mass is 10.1. The van der Waals surface area contributed by atoms with E-state index in [1.54, 1.807) is 0 Å². The third-order valence-electron chi connectivity index (χ3n) is 6.00. The highest BCUT2D eigenvalue weighted by atomic mass is 15.1. The predicted molar refractivity (Wildman–Crippen MR) is 134 cm³/mol. The molecule has 0 bridgehead atoms. The van der Waals surface area contributed by atoms with Crippen LogP contribution in [0.3, 0.4) is 0 Å². The molecule has 0 saturated carbocycles. The van der Waals surface area contributed by atoms with Crippen LogP contribution in [0.2, 0.25) is 0 Å². The van der Waals surface area contributed by atoms with Gasteiger partial charge < -0.3 is 14.9 Å². The Morgan fingerprint density at radius 1 is 1.00 bits per heavy atom. The summed E-state index contributed by atoms with van der Waals surface area (Å²) < 4.78 is 2.05. The van der Waals surface area contributed by atoms with Gasteiger partial charge in [0.2, 0.25) is 0 Å². The van der Waals surface area contributed by atoms with E-state index in [2.05, 4.69) is 72.7 Å². The van der Waals surface area contributed by atoms with Gasteiger partial charge in [-0.15, -0.1) is 0 Å². The quantitative estimate of drug-likeness (QED) is 0.341. The number of nitrogens with one attached hydrogen (secondary N) is 3. The Morgan fingerprint density at radius 3 is 2.79 bits per heavy atom. The number of hydrogen-bond donors (Lipinski definition) is 3. The molecule has 8 heteroatoms. The molecule has 8 nitrogen and oxygen atoms in total. The van der Waals surface area contributed by atoms with Gasteiger partial charge in [0.1, 0.15) is 5.69 Å². The van der Waals surface area contributed by atoms with E-state index in [9.17, 15) is 0 Å². The van der Waals surface area contributed by atoms with E-state index >= 15 is 0 Å². The Hall–Kier alpha value is -4.30. The van der Waals surface area contributed by atoms with Gasteiger partial charge in [-0.3, -0.25) is 15.1 Å². The number of aromatic amines is 2. The first-order chi connectivity index (χ1) is 16.7. The fraction of sp³-hybridized carbons (Fsp3) is 0.154. The second kappa shape index (κ2) is 8.24. The van der Waals surface area contributed by atoms with Gasteiger partial charge in [0.25, 0.3) is 0 Å². The van der Waals surface area contributed by atoms with Crippen LogP contribution in [0, 0.1) is 6.92 Å². The number of imidazole rings is 1. The summed E-state index contributed by atoms with van der Waals surface area (Å²) >= 11 is 0. The first-order valence-electron chi connectivity index (χ1n) is 11.3. The van der Waals surface area contributed by atoms with E-state index in [-0.39, 0.29) is 0 Å². The summed E-state index contributed by atoms with van der Waals surface area (Å²) in [5, 5.41) is 13.2. The third-order valence-corrected chi connectivity index (χ3v) is 6.00. The first-order valence-corrected chi connectivity index (χ1v) is 11.3. The largest absolute Gasteiger partial charge is 0.353 e. The van der Waals surface area contributed by atoms with Crippen LogP contribution in [-0.2, 0) is 6.54 Å². The SMILES string of the molecule is CCNCc1cncc(-c2cc3c(-c4cc5c(-n6cnc(C)c6)cccc5[nH]4)n[nH]c3cn2)c1. The summed E-state index contributed by atoms with van der Waals surface area (Å²) in [6.07, 6.45) is 9.45. The molecule has 0 aliphatic rings. The van der Waals surface area contributed by atoms with Crippen LogP contribution in [0.4, 0.5) is 0 Å². The number of benzene rings is 1. The minimum Gasteiger partial charge on any atom is -0.353 e. The maximum atomic E-state index is 4.65. The zero-order valence-electron chi connectivity index (χ0n) is 19.0. The van der Waals surface area contributed by atoms with Crippen molar-refractivity contribution >= 4 is 21.8 Å². The average Bonchev–Trinajstić information content (AvgIpc) is 3.59. The standard InChI is InChI=1S/C26H24N8/c1-3-27-10-17-7-18(12-28-11-17)22-9-20-24(13-29-22)32-33-26(20)23-8-19-21(31-23)5-4-6-25(19)34-14-16(2)30-15-34/h4-9,11-15,27,31H,3,10H2,1-2H3,(H,32,33). The van der Waals surface area contributed by atoms with Crippen molar-refractivity contribution in [2.45, 2.75) is 20.4 Å². The summed E-state index contributed by atoms with van der Waals surface area (Å²) in [6.45, 7) is 5.78. The zero-order valence-corrected chi connectivity index (χ0v) is 19.0. The predicted octanol–water partition coefficient (Wildman–Crippen LogP) is 4.77. The van der Waals surface area contributed by atoms with Gasteiger partial charge in [-0.25, -0.2) is 4.98 Å². The van der Waals surface area contributed by atoms with E-state index in [0.717, 1.165) is 74.5 Å². The summed E-state index contributed by atoms with van der Waals surface area (Å²) in [7, 11) is 0. The number of rotatable bonds is 6. The lowest BCUT2D eigenvalue weighted by molar-refractivity contribution is 0.724. The minimum atomic E-state index is 0.782. The lowest BCUT2D eigenvalue weighted by Gasteiger charge is -2.05. The van der Waals surface area contributed by atoms with Gasteiger partial charge in [-0.1, -0.05) is 13.0 Å². The topological polar surface area (TPSA) is 100 Å². The second-order valence-corrected chi connectivity index (χ2v) is 8.39. The fourth-order valence-electron chi connectivity index (χ4n) is 4.32. The van der Waals surface area contributed by atoms with E-state index in [4.69, 9.17) is 0 Å². The van der Waals surface area contributed by atoms with Crippen molar-refractivity contribution in [2.24, 2.45) is 0 Å². The molecule has 34 heavy (non-hydrogen) atoms. The van der Waals surface area contributed by atoms with Gasteiger partial charge in [0, 0.05) is 47.0 Å². The number of aromatic nitrogens is 7. The maximum Gasteiger partial charge on any atom is 0.116 e. The Labute approximate surface area is 196 Å². The molecule has 5 heterocycles. The first kappa shape index (κ1) is 20.3. The van der Waals surface area contributed by atoms with Crippen molar-refractivity contribution in [3.8, 4) is 28.3 Å². The van der Waals surface area contributed by atoms with E-state index in [1.807, 2.05) is 48.7 Å². The van der Waals surface area contributed by atoms with Gasteiger partial charge >= 0.3 is 0 Å². The zero-order chi connectivity index (χ0) is 23.1. The molecule has 3 N–H and O–H groups in total. The molecular weight excluding hydrogens is 424 g/mol. The lowest BCUT2D eigenvalue weighted by Crippen LogP contribution is -2.11. The highest BCUT2D eigenvalue weighted by molar-refractivity contribution is 5.98. The Kier molecular flexibility index (Phi) is 4.92. The Bertz CT molecular complexity index is 1620. The minimum absolute atomic E-state index is 0.782. The van der Waals surface area contributed by atoms with E-state index < -0.39 is 0 Å². The molecule has 0 unspecified atom stereocenters. The maximum absolute atomic E-state index is 4.65. The number of aryl methyl sites for hydroxylation is 1. The fourth-order valence-corrected chi connectivity index (χ4v) is 4.32. The molecule has 0 aliphatic heterocycles. The molecule has 5 aromatic heterocycles. The molecule has 1 aromatic carbocycles.